The van der Waals surface area contributed by atoms with E-state index in [0.717, 1.165) is 26.3 Å². The third-order valence-corrected chi connectivity index (χ3v) is 5.88. The Labute approximate surface area is 214 Å². The highest BCUT2D eigenvalue weighted by Crippen LogP contribution is 2.32. The van der Waals surface area contributed by atoms with Gasteiger partial charge in [0.05, 0.1) is 13.2 Å². The van der Waals surface area contributed by atoms with Crippen molar-refractivity contribution in [3.8, 4) is 0 Å². The highest BCUT2D eigenvalue weighted by Gasteiger charge is 2.15. The van der Waals surface area contributed by atoms with Crippen LogP contribution in [-0.4, -0.2) is 64.8 Å². The fraction of sp³-hybridized carbons (Fsp3) is 0.296. The summed E-state index contributed by atoms with van der Waals surface area (Å²) in [4.78, 5) is 4.52. The Bertz CT molecular complexity index is 1110. The molecule has 0 unspecified atom stereocenters. The second kappa shape index (κ2) is 12.3. The van der Waals surface area contributed by atoms with Gasteiger partial charge in [-0.1, -0.05) is 24.3 Å². The second-order valence-electron chi connectivity index (χ2n) is 8.78. The van der Waals surface area contributed by atoms with E-state index >= 15 is 0 Å². The quantitative estimate of drug-likeness (QED) is 0.505. The van der Waals surface area contributed by atoms with Crippen LogP contribution in [0.1, 0.15) is 11.1 Å². The van der Waals surface area contributed by atoms with Gasteiger partial charge in [-0.2, -0.15) is 0 Å². The first-order valence-corrected chi connectivity index (χ1v) is 12.7. The lowest BCUT2D eigenvalue weighted by atomic mass is 9.90. The number of hydrogen-bond acceptors (Lipinski definition) is 7. The van der Waals surface area contributed by atoms with Crippen molar-refractivity contribution in [1.29, 1.82) is 0 Å². The van der Waals surface area contributed by atoms with Crippen LogP contribution in [0.5, 0.6) is 0 Å². The van der Waals surface area contributed by atoms with Gasteiger partial charge < -0.3 is 14.5 Å². The Morgan fingerprint density at radius 2 is 1.28 bits per heavy atom. The zero-order valence-corrected chi connectivity index (χ0v) is 21.8. The van der Waals surface area contributed by atoms with Gasteiger partial charge in [-0.3, -0.25) is 0 Å². The first-order chi connectivity index (χ1) is 17.0. The summed E-state index contributed by atoms with van der Waals surface area (Å²) >= 11 is 0. The molecule has 0 radical (unpaired) electrons. The lowest BCUT2D eigenvalue weighted by molar-refractivity contribution is -2.00. The van der Waals surface area contributed by atoms with E-state index in [9.17, 15) is 0 Å². The molecule has 36 heavy (non-hydrogen) atoms. The Morgan fingerprint density at radius 3 is 1.72 bits per heavy atom. The van der Waals surface area contributed by atoms with Crippen LogP contribution < -0.4 is 28.4 Å². The predicted molar refractivity (Wildman–Crippen MR) is 132 cm³/mol. The highest BCUT2D eigenvalue weighted by atomic mass is 35.7. The fourth-order valence-electron chi connectivity index (χ4n) is 4.01. The maximum Gasteiger partial charge on any atom is 0.199 e. The molecule has 1 aliphatic heterocycles. The first-order valence-electron chi connectivity index (χ1n) is 11.5. The van der Waals surface area contributed by atoms with Crippen LogP contribution >= 0.6 is 0 Å². The molecule has 0 atom stereocenters. The van der Waals surface area contributed by atoms with Crippen molar-refractivity contribution in [3.63, 3.8) is 0 Å². The minimum Gasteiger partial charge on any atom is -0.378 e. The molecular formula is C27H32ClN3O5. The molecule has 0 spiro atoms. The molecule has 2 aromatic carbocycles. The van der Waals surface area contributed by atoms with Crippen molar-refractivity contribution >= 4 is 22.7 Å². The van der Waals surface area contributed by atoms with Gasteiger partial charge in [0, 0.05) is 50.7 Å². The summed E-state index contributed by atoms with van der Waals surface area (Å²) < 4.78 is 41.6. The van der Waals surface area contributed by atoms with Gasteiger partial charge in [0.1, 0.15) is 14.1 Å². The summed E-state index contributed by atoms with van der Waals surface area (Å²) in [7, 11) is 3.35. The maximum absolute atomic E-state index is 8.49. The van der Waals surface area contributed by atoms with Gasteiger partial charge in [0.25, 0.3) is 0 Å². The van der Waals surface area contributed by atoms with E-state index < -0.39 is 10.2 Å². The number of hydrogen-bond donors (Lipinski definition) is 0. The monoisotopic (exact) mass is 513 g/mol. The molecule has 1 heterocycles. The van der Waals surface area contributed by atoms with Gasteiger partial charge in [-0.05, 0) is 58.7 Å². The van der Waals surface area contributed by atoms with Crippen LogP contribution in [0.3, 0.4) is 0 Å². The zero-order chi connectivity index (χ0) is 26.3. The average molecular weight is 514 g/mol. The molecule has 0 saturated carbocycles. The van der Waals surface area contributed by atoms with E-state index in [0.29, 0.717) is 0 Å². The van der Waals surface area contributed by atoms with Crippen molar-refractivity contribution in [2.75, 3.05) is 64.3 Å². The third kappa shape index (κ3) is 8.03. The van der Waals surface area contributed by atoms with Gasteiger partial charge in [0.15, 0.2) is 5.71 Å². The first kappa shape index (κ1) is 27.6. The smallest absolute Gasteiger partial charge is 0.199 e. The lowest BCUT2D eigenvalue weighted by Gasteiger charge is -2.29. The molecule has 192 valence electrons. The number of halogens is 1. The van der Waals surface area contributed by atoms with E-state index in [1.165, 1.54) is 39.4 Å². The number of rotatable bonds is 4. The van der Waals surface area contributed by atoms with Crippen LogP contribution in [0.2, 0.25) is 0 Å². The molecule has 2 aromatic rings. The third-order valence-electron chi connectivity index (χ3n) is 5.88. The molecule has 4 rings (SSSR count). The Kier molecular flexibility index (Phi) is 9.44. The van der Waals surface area contributed by atoms with Crippen LogP contribution in [0.25, 0.3) is 5.57 Å². The van der Waals surface area contributed by atoms with Crippen LogP contribution in [0.4, 0.5) is 11.4 Å². The zero-order valence-electron chi connectivity index (χ0n) is 21.0. The number of anilines is 2. The number of ether oxygens (including phenoxy) is 1. The van der Waals surface area contributed by atoms with Crippen LogP contribution in [-0.2, 0) is 4.74 Å². The minimum atomic E-state index is -4.94. The second-order valence-corrected chi connectivity index (χ2v) is 9.54. The SMILES string of the molecule is CN(C)c1ccc(C(=C2C=CC(=[N+](C)C)C=C2)c2ccc(N3CCOCC3)cc2)cc1.[O-][Cl+3]([O-])([O-])[O-]. The maximum atomic E-state index is 8.49. The topological polar surface area (TPSA) is 111 Å². The summed E-state index contributed by atoms with van der Waals surface area (Å²) in [5.74, 6) is 0. The van der Waals surface area contributed by atoms with Gasteiger partial charge in [0.2, 0.25) is 0 Å². The molecule has 9 heteroatoms. The van der Waals surface area contributed by atoms with Crippen molar-refractivity contribution in [2.24, 2.45) is 0 Å². The van der Waals surface area contributed by atoms with Gasteiger partial charge in [-0.15, -0.1) is 10.2 Å². The molecule has 0 N–H and O–H groups in total. The highest BCUT2D eigenvalue weighted by molar-refractivity contribution is 6.04. The molecule has 1 saturated heterocycles. The fourth-order valence-corrected chi connectivity index (χ4v) is 4.01. The molecule has 0 bridgehead atoms. The largest absolute Gasteiger partial charge is 0.378 e. The Hall–Kier alpha value is -2.98. The number of nitrogens with zero attached hydrogens (tertiary/aromatic N) is 3. The van der Waals surface area contributed by atoms with Gasteiger partial charge >= 0.3 is 0 Å². The number of morpholine rings is 1. The summed E-state index contributed by atoms with van der Waals surface area (Å²) in [5, 5.41) is 0. The molecule has 1 aliphatic carbocycles. The Balaban J connectivity index is 0.000000658. The van der Waals surface area contributed by atoms with Crippen LogP contribution in [0, 0.1) is 10.2 Å². The van der Waals surface area contributed by atoms with E-state index in [4.69, 9.17) is 23.4 Å². The Morgan fingerprint density at radius 1 is 0.806 bits per heavy atom. The molecule has 8 nitrogen and oxygen atoms in total. The normalized spacial score (nSPS) is 15.4. The molecular weight excluding hydrogens is 482 g/mol. The lowest BCUT2D eigenvalue weighted by Crippen LogP contribution is -2.68. The number of allylic oxidation sites excluding steroid dienone is 5. The minimum absolute atomic E-state index is 0.801. The standard InChI is InChI=1S/C27H32N3O.ClHO4/c1-28(2)24-11-5-21(6-12-24)27(22-7-13-25(14-8-22)29(3)4)23-9-15-26(16-10-23)30-17-19-31-20-18-30;2-1(3,4)5/h5-16H,17-20H2,1-4H3;(H,2,3,4,5)/q+1;/p-1. The summed E-state index contributed by atoms with van der Waals surface area (Å²) in [6.07, 6.45) is 8.82. The summed E-state index contributed by atoms with van der Waals surface area (Å²) in [6, 6.07) is 17.8. The summed E-state index contributed by atoms with van der Waals surface area (Å²) in [6.45, 7) is 3.51. The van der Waals surface area contributed by atoms with Crippen molar-refractivity contribution in [1.82, 2.24) is 0 Å². The predicted octanol–water partition coefficient (Wildman–Crippen LogP) is -0.526. The molecule has 0 amide bonds. The van der Waals surface area contributed by atoms with Crippen molar-refractivity contribution in [2.45, 2.75) is 0 Å². The average Bonchev–Trinajstić information content (AvgIpc) is 2.85. The van der Waals surface area contributed by atoms with E-state index in [2.05, 4.69) is 115 Å². The molecule has 0 aromatic heterocycles. The summed E-state index contributed by atoms with van der Waals surface area (Å²) in [5.41, 5.74) is 8.60. The number of benzene rings is 2. The van der Waals surface area contributed by atoms with Crippen LogP contribution in [0.15, 0.2) is 78.4 Å². The van der Waals surface area contributed by atoms with E-state index in [1.807, 2.05) is 0 Å². The van der Waals surface area contributed by atoms with E-state index in [-0.39, 0.29) is 0 Å². The van der Waals surface area contributed by atoms with E-state index in [1.54, 1.807) is 0 Å². The van der Waals surface area contributed by atoms with Crippen molar-refractivity contribution < 1.29 is 38.2 Å². The molecule has 1 fully saturated rings. The van der Waals surface area contributed by atoms with Gasteiger partial charge in [-0.25, -0.2) is 23.2 Å². The van der Waals surface area contributed by atoms with Crippen molar-refractivity contribution in [3.05, 3.63) is 89.5 Å². The molecule has 2 aliphatic rings.